The highest BCUT2D eigenvalue weighted by molar-refractivity contribution is 5.78. The van der Waals surface area contributed by atoms with E-state index in [2.05, 4.69) is 0 Å². The van der Waals surface area contributed by atoms with E-state index in [1.54, 1.807) is 11.8 Å². The van der Waals surface area contributed by atoms with Crippen LogP contribution in [0.3, 0.4) is 0 Å². The van der Waals surface area contributed by atoms with Crippen molar-refractivity contribution < 1.29 is 19.4 Å². The Bertz CT molecular complexity index is 280. The van der Waals surface area contributed by atoms with Crippen molar-refractivity contribution in [2.24, 2.45) is 0 Å². The molecule has 5 heteroatoms. The molecule has 1 saturated heterocycles. The number of esters is 1. The van der Waals surface area contributed by atoms with Crippen LogP contribution in [0, 0.1) is 0 Å². The fourth-order valence-electron chi connectivity index (χ4n) is 2.14. The van der Waals surface area contributed by atoms with Crippen LogP contribution < -0.4 is 0 Å². The van der Waals surface area contributed by atoms with E-state index in [4.69, 9.17) is 9.84 Å². The van der Waals surface area contributed by atoms with Gasteiger partial charge in [-0.3, -0.25) is 14.5 Å². The molecule has 0 saturated carbocycles. The first-order valence-electron chi connectivity index (χ1n) is 6.23. The molecule has 0 spiro atoms. The molecule has 0 amide bonds. The van der Waals surface area contributed by atoms with Crippen LogP contribution in [0.5, 0.6) is 0 Å². The van der Waals surface area contributed by atoms with Crippen LogP contribution >= 0.6 is 0 Å². The first kappa shape index (κ1) is 14.0. The minimum atomic E-state index is -0.847. The van der Waals surface area contributed by atoms with Crippen LogP contribution in [0.2, 0.25) is 0 Å². The molecule has 0 aromatic carbocycles. The van der Waals surface area contributed by atoms with Gasteiger partial charge in [-0.2, -0.15) is 0 Å². The zero-order valence-corrected chi connectivity index (χ0v) is 10.5. The maximum Gasteiger partial charge on any atom is 0.323 e. The van der Waals surface area contributed by atoms with Crippen LogP contribution in [0.1, 0.15) is 39.5 Å². The molecular formula is C12H21NO4. The highest BCUT2D eigenvalue weighted by Gasteiger charge is 2.35. The molecule has 1 N–H and O–H groups in total. The first-order valence-corrected chi connectivity index (χ1v) is 6.23. The normalized spacial score (nSPS) is 23.1. The van der Waals surface area contributed by atoms with Gasteiger partial charge in [0.25, 0.3) is 0 Å². The summed E-state index contributed by atoms with van der Waals surface area (Å²) in [6.07, 6.45) is 3.24. The molecule has 0 aliphatic carbocycles. The topological polar surface area (TPSA) is 66.8 Å². The average molecular weight is 243 g/mol. The highest BCUT2D eigenvalue weighted by atomic mass is 16.5. The van der Waals surface area contributed by atoms with E-state index in [0.29, 0.717) is 19.6 Å². The van der Waals surface area contributed by atoms with Crippen molar-refractivity contribution in [3.63, 3.8) is 0 Å². The molecule has 98 valence electrons. The first-order chi connectivity index (χ1) is 8.07. The second-order valence-corrected chi connectivity index (χ2v) is 4.43. The van der Waals surface area contributed by atoms with Crippen molar-refractivity contribution in [3.05, 3.63) is 0 Å². The van der Waals surface area contributed by atoms with Gasteiger partial charge in [0.2, 0.25) is 0 Å². The number of aliphatic carboxylic acids is 1. The molecule has 5 nitrogen and oxygen atoms in total. The minimum absolute atomic E-state index is 0.319. The number of carboxylic acids is 1. The average Bonchev–Trinajstić information content (AvgIpc) is 2.34. The number of hydrogen-bond donors (Lipinski definition) is 1. The lowest BCUT2D eigenvalue weighted by Crippen LogP contribution is -2.52. The number of nitrogens with zero attached hydrogens (tertiary/aromatic N) is 1. The quantitative estimate of drug-likeness (QED) is 0.736. The van der Waals surface area contributed by atoms with Crippen LogP contribution in [0.4, 0.5) is 0 Å². The van der Waals surface area contributed by atoms with Gasteiger partial charge < -0.3 is 9.84 Å². The summed E-state index contributed by atoms with van der Waals surface area (Å²) < 4.78 is 5.06. The fraction of sp³-hybridized carbons (Fsp3) is 0.833. The number of likely N-dealkylation sites (tertiary alicyclic amines) is 1. The number of carbonyl (C=O) groups is 2. The molecule has 1 rings (SSSR count). The Morgan fingerprint density at radius 3 is 2.76 bits per heavy atom. The molecule has 1 heterocycles. The lowest BCUT2D eigenvalue weighted by molar-refractivity contribution is -0.155. The summed E-state index contributed by atoms with van der Waals surface area (Å²) in [5.74, 6) is -1.17. The summed E-state index contributed by atoms with van der Waals surface area (Å²) in [6.45, 7) is 4.70. The molecular weight excluding hydrogens is 222 g/mol. The molecule has 2 unspecified atom stereocenters. The molecule has 1 fully saturated rings. The Labute approximate surface area is 102 Å². The Balaban J connectivity index is 2.61. The lowest BCUT2D eigenvalue weighted by atomic mass is 10.0. The largest absolute Gasteiger partial charge is 0.480 e. The van der Waals surface area contributed by atoms with E-state index in [-0.39, 0.29) is 5.97 Å². The summed E-state index contributed by atoms with van der Waals surface area (Å²) in [5.41, 5.74) is 0. The molecule has 0 bridgehead atoms. The SMILES string of the molecule is CCCOC(=O)C(C)N1CCCCC1C(=O)O. The zero-order chi connectivity index (χ0) is 12.8. The predicted molar refractivity (Wildman–Crippen MR) is 62.7 cm³/mol. The van der Waals surface area contributed by atoms with Gasteiger partial charge in [0.1, 0.15) is 12.1 Å². The van der Waals surface area contributed by atoms with Gasteiger partial charge in [-0.05, 0) is 32.7 Å². The van der Waals surface area contributed by atoms with Crippen molar-refractivity contribution in [2.75, 3.05) is 13.2 Å². The highest BCUT2D eigenvalue weighted by Crippen LogP contribution is 2.20. The molecule has 0 radical (unpaired) electrons. The lowest BCUT2D eigenvalue weighted by Gasteiger charge is -2.36. The third kappa shape index (κ3) is 3.70. The van der Waals surface area contributed by atoms with E-state index in [9.17, 15) is 9.59 Å². The number of carboxylic acid groups (broad SMARTS) is 1. The van der Waals surface area contributed by atoms with E-state index >= 15 is 0 Å². The summed E-state index contributed by atoms with van der Waals surface area (Å²) in [4.78, 5) is 24.6. The van der Waals surface area contributed by atoms with E-state index in [1.807, 2.05) is 6.92 Å². The van der Waals surface area contributed by atoms with Crippen molar-refractivity contribution >= 4 is 11.9 Å². The zero-order valence-electron chi connectivity index (χ0n) is 10.5. The standard InChI is InChI=1S/C12H21NO4/c1-3-8-17-12(16)9(2)13-7-5-4-6-10(13)11(14)15/h9-10H,3-8H2,1-2H3,(H,14,15). The summed E-state index contributed by atoms with van der Waals surface area (Å²) in [7, 11) is 0. The van der Waals surface area contributed by atoms with Gasteiger partial charge in [-0.15, -0.1) is 0 Å². The Morgan fingerprint density at radius 2 is 2.18 bits per heavy atom. The number of rotatable bonds is 5. The van der Waals surface area contributed by atoms with Crippen LogP contribution in [-0.2, 0) is 14.3 Å². The van der Waals surface area contributed by atoms with E-state index in [0.717, 1.165) is 19.3 Å². The van der Waals surface area contributed by atoms with Gasteiger partial charge in [-0.25, -0.2) is 0 Å². The van der Waals surface area contributed by atoms with Crippen molar-refractivity contribution in [1.29, 1.82) is 0 Å². The van der Waals surface area contributed by atoms with E-state index in [1.165, 1.54) is 0 Å². The van der Waals surface area contributed by atoms with Crippen molar-refractivity contribution in [3.8, 4) is 0 Å². The second-order valence-electron chi connectivity index (χ2n) is 4.43. The maximum absolute atomic E-state index is 11.7. The summed E-state index contributed by atoms with van der Waals surface area (Å²) >= 11 is 0. The maximum atomic E-state index is 11.7. The van der Waals surface area contributed by atoms with Crippen molar-refractivity contribution in [1.82, 2.24) is 4.90 Å². The van der Waals surface area contributed by atoms with Gasteiger partial charge in [0.15, 0.2) is 0 Å². The second kappa shape index (κ2) is 6.59. The number of carbonyl (C=O) groups excluding carboxylic acids is 1. The number of hydrogen-bond acceptors (Lipinski definition) is 4. The molecule has 2 atom stereocenters. The number of piperidine rings is 1. The monoisotopic (exact) mass is 243 g/mol. The Hall–Kier alpha value is -1.10. The molecule has 17 heavy (non-hydrogen) atoms. The predicted octanol–water partition coefficient (Wildman–Crippen LogP) is 1.27. The van der Waals surface area contributed by atoms with Gasteiger partial charge >= 0.3 is 11.9 Å². The van der Waals surface area contributed by atoms with Gasteiger partial charge in [0.05, 0.1) is 6.61 Å². The Kier molecular flexibility index (Phi) is 5.41. The van der Waals surface area contributed by atoms with Crippen LogP contribution in [0.15, 0.2) is 0 Å². The third-order valence-corrected chi connectivity index (χ3v) is 3.12. The number of ether oxygens (including phenoxy) is 1. The van der Waals surface area contributed by atoms with Crippen LogP contribution in [0.25, 0.3) is 0 Å². The summed E-state index contributed by atoms with van der Waals surface area (Å²) in [6, 6.07) is -1.02. The molecule has 0 aromatic rings. The van der Waals surface area contributed by atoms with Gasteiger partial charge in [0, 0.05) is 0 Å². The van der Waals surface area contributed by atoms with Crippen molar-refractivity contribution in [2.45, 2.75) is 51.6 Å². The van der Waals surface area contributed by atoms with Crippen LogP contribution in [-0.4, -0.2) is 47.2 Å². The minimum Gasteiger partial charge on any atom is -0.480 e. The fourth-order valence-corrected chi connectivity index (χ4v) is 2.14. The smallest absolute Gasteiger partial charge is 0.323 e. The Morgan fingerprint density at radius 1 is 1.47 bits per heavy atom. The molecule has 1 aliphatic rings. The van der Waals surface area contributed by atoms with Gasteiger partial charge in [-0.1, -0.05) is 13.3 Å². The van der Waals surface area contributed by atoms with E-state index < -0.39 is 18.1 Å². The third-order valence-electron chi connectivity index (χ3n) is 3.12. The molecule has 0 aromatic heterocycles. The summed E-state index contributed by atoms with van der Waals surface area (Å²) in [5, 5.41) is 9.12. The molecule has 1 aliphatic heterocycles.